The van der Waals surface area contributed by atoms with Gasteiger partial charge in [0.1, 0.15) is 10.7 Å². The van der Waals surface area contributed by atoms with E-state index in [1.165, 1.54) is 12.1 Å². The van der Waals surface area contributed by atoms with E-state index in [9.17, 15) is 13.2 Å². The van der Waals surface area contributed by atoms with Crippen molar-refractivity contribution in [3.63, 3.8) is 0 Å². The van der Waals surface area contributed by atoms with Crippen molar-refractivity contribution in [2.45, 2.75) is 45.1 Å². The van der Waals surface area contributed by atoms with Crippen molar-refractivity contribution in [2.24, 2.45) is 0 Å². The fraction of sp³-hybridized carbons (Fsp3) is 0.350. The normalized spacial score (nSPS) is 12.6. The van der Waals surface area contributed by atoms with Crippen LogP contribution in [-0.4, -0.2) is 13.3 Å². The third-order valence-electron chi connectivity index (χ3n) is 4.77. The molecule has 1 N–H and O–H groups in total. The standard InChI is InChI=1S/C20H24F3NOSSi/c1-19(2,3)27(4,5)25-17-9-7-6-8-16(17)18(26)24-15-12-10-14(11-13-15)20(21,22)23/h6-13H,1-5H3,(H,24,26). The van der Waals surface area contributed by atoms with Crippen LogP contribution in [0.15, 0.2) is 48.5 Å². The second kappa shape index (κ2) is 7.64. The molecule has 0 unspecified atom stereocenters. The number of anilines is 1. The molecule has 0 saturated heterocycles. The number of hydrogen-bond acceptors (Lipinski definition) is 2. The number of hydrogen-bond donors (Lipinski definition) is 1. The predicted octanol–water partition coefficient (Wildman–Crippen LogP) is 6.88. The van der Waals surface area contributed by atoms with Gasteiger partial charge in [0, 0.05) is 11.3 Å². The molecule has 0 amide bonds. The van der Waals surface area contributed by atoms with Gasteiger partial charge in [0.25, 0.3) is 8.32 Å². The number of thiocarbonyl (C=S) groups is 1. The lowest BCUT2D eigenvalue weighted by molar-refractivity contribution is -0.137. The van der Waals surface area contributed by atoms with E-state index in [2.05, 4.69) is 39.2 Å². The summed E-state index contributed by atoms with van der Waals surface area (Å²) in [6.45, 7) is 10.8. The summed E-state index contributed by atoms with van der Waals surface area (Å²) in [6, 6.07) is 12.3. The Balaban J connectivity index is 2.23. The summed E-state index contributed by atoms with van der Waals surface area (Å²) in [6.07, 6.45) is -4.36. The zero-order valence-electron chi connectivity index (χ0n) is 16.1. The molecule has 0 spiro atoms. The lowest BCUT2D eigenvalue weighted by atomic mass is 10.1. The number of benzene rings is 2. The smallest absolute Gasteiger partial charge is 0.416 e. The Morgan fingerprint density at radius 1 is 0.963 bits per heavy atom. The molecule has 0 heterocycles. The first kappa shape index (κ1) is 21.4. The number of para-hydroxylation sites is 1. The highest BCUT2D eigenvalue weighted by atomic mass is 32.1. The Hall–Kier alpha value is -1.86. The predicted molar refractivity (Wildman–Crippen MR) is 111 cm³/mol. The summed E-state index contributed by atoms with van der Waals surface area (Å²) in [7, 11) is -2.06. The van der Waals surface area contributed by atoms with Gasteiger partial charge >= 0.3 is 6.18 Å². The first-order valence-electron chi connectivity index (χ1n) is 8.58. The lowest BCUT2D eigenvalue weighted by Crippen LogP contribution is -2.44. The van der Waals surface area contributed by atoms with Gasteiger partial charge in [-0.3, -0.25) is 0 Å². The van der Waals surface area contributed by atoms with Crippen LogP contribution in [0, 0.1) is 0 Å². The van der Waals surface area contributed by atoms with Gasteiger partial charge < -0.3 is 9.74 Å². The number of halogens is 3. The maximum Gasteiger partial charge on any atom is 0.416 e. The minimum atomic E-state index is -4.36. The highest BCUT2D eigenvalue weighted by molar-refractivity contribution is 7.81. The first-order valence-corrected chi connectivity index (χ1v) is 11.9. The van der Waals surface area contributed by atoms with Gasteiger partial charge in [-0.1, -0.05) is 45.1 Å². The van der Waals surface area contributed by atoms with Crippen molar-refractivity contribution in [2.75, 3.05) is 5.32 Å². The molecule has 7 heteroatoms. The molecule has 146 valence electrons. The minimum absolute atomic E-state index is 0.0303. The molecule has 27 heavy (non-hydrogen) atoms. The van der Waals surface area contributed by atoms with Crippen LogP contribution in [0.5, 0.6) is 5.75 Å². The van der Waals surface area contributed by atoms with Crippen LogP contribution in [-0.2, 0) is 6.18 Å². The first-order chi connectivity index (χ1) is 12.3. The number of alkyl halides is 3. The van der Waals surface area contributed by atoms with Crippen molar-refractivity contribution < 1.29 is 17.6 Å². The molecule has 0 aliphatic rings. The molecule has 0 radical (unpaired) electrons. The largest absolute Gasteiger partial charge is 0.543 e. The van der Waals surface area contributed by atoms with Crippen molar-refractivity contribution in [3.05, 3.63) is 59.7 Å². The topological polar surface area (TPSA) is 21.3 Å². The molecule has 2 aromatic carbocycles. The van der Waals surface area contributed by atoms with E-state index in [1.807, 2.05) is 24.3 Å². The Bertz CT molecular complexity index is 811. The van der Waals surface area contributed by atoms with Crippen LogP contribution < -0.4 is 9.74 Å². The van der Waals surface area contributed by atoms with Crippen LogP contribution in [0.3, 0.4) is 0 Å². The van der Waals surface area contributed by atoms with Gasteiger partial charge in [-0.2, -0.15) is 13.2 Å². The van der Waals surface area contributed by atoms with E-state index in [-0.39, 0.29) is 5.04 Å². The van der Waals surface area contributed by atoms with Gasteiger partial charge in [-0.05, 0) is 54.5 Å². The lowest BCUT2D eigenvalue weighted by Gasteiger charge is -2.37. The fourth-order valence-corrected chi connectivity index (χ4v) is 3.43. The monoisotopic (exact) mass is 411 g/mol. The highest BCUT2D eigenvalue weighted by Gasteiger charge is 2.39. The summed E-state index contributed by atoms with van der Waals surface area (Å²) in [5.74, 6) is 0.688. The van der Waals surface area contributed by atoms with Crippen molar-refractivity contribution in [3.8, 4) is 5.75 Å². The summed E-state index contributed by atoms with van der Waals surface area (Å²) in [4.78, 5) is 0.407. The van der Waals surface area contributed by atoms with Gasteiger partial charge in [0.2, 0.25) is 0 Å². The zero-order valence-corrected chi connectivity index (χ0v) is 17.9. The van der Waals surface area contributed by atoms with Crippen LogP contribution in [0.1, 0.15) is 31.9 Å². The molecular formula is C20H24F3NOSSi. The maximum atomic E-state index is 12.7. The van der Waals surface area contributed by atoms with Crippen molar-refractivity contribution in [1.29, 1.82) is 0 Å². The third kappa shape index (κ3) is 5.32. The zero-order chi connectivity index (χ0) is 20.5. The quantitative estimate of drug-likeness (QED) is 0.438. The average molecular weight is 412 g/mol. The summed E-state index contributed by atoms with van der Waals surface area (Å²) >= 11 is 5.48. The second-order valence-electron chi connectivity index (χ2n) is 7.89. The third-order valence-corrected chi connectivity index (χ3v) is 9.44. The van der Waals surface area contributed by atoms with Crippen LogP contribution in [0.4, 0.5) is 18.9 Å². The summed E-state index contributed by atoms with van der Waals surface area (Å²) in [5.41, 5.74) is 0.521. The van der Waals surface area contributed by atoms with E-state index < -0.39 is 20.1 Å². The molecule has 2 nitrogen and oxygen atoms in total. The van der Waals surface area contributed by atoms with Gasteiger partial charge in [0.05, 0.1) is 5.56 Å². The minimum Gasteiger partial charge on any atom is -0.543 e. The van der Waals surface area contributed by atoms with Gasteiger partial charge in [-0.15, -0.1) is 0 Å². The highest BCUT2D eigenvalue weighted by Crippen LogP contribution is 2.38. The van der Waals surface area contributed by atoms with Crippen LogP contribution in [0.25, 0.3) is 0 Å². The average Bonchev–Trinajstić information content (AvgIpc) is 2.53. The molecule has 2 aromatic rings. The van der Waals surface area contributed by atoms with E-state index in [1.54, 1.807) is 0 Å². The van der Waals surface area contributed by atoms with Crippen molar-refractivity contribution in [1.82, 2.24) is 0 Å². The van der Waals surface area contributed by atoms with E-state index in [4.69, 9.17) is 16.6 Å². The molecule has 2 rings (SSSR count). The van der Waals surface area contributed by atoms with Crippen LogP contribution in [0.2, 0.25) is 18.1 Å². The second-order valence-corrected chi connectivity index (χ2v) is 13.0. The molecule has 0 aliphatic carbocycles. The Kier molecular flexibility index (Phi) is 6.06. The fourth-order valence-electron chi connectivity index (χ4n) is 2.11. The summed E-state index contributed by atoms with van der Waals surface area (Å²) in [5, 5.41) is 3.03. The van der Waals surface area contributed by atoms with Crippen molar-refractivity contribution >= 4 is 31.2 Å². The Morgan fingerprint density at radius 3 is 2.04 bits per heavy atom. The van der Waals surface area contributed by atoms with Crippen LogP contribution >= 0.6 is 12.2 Å². The molecule has 0 atom stereocenters. The summed E-state index contributed by atoms with van der Waals surface area (Å²) < 4.78 is 44.5. The number of rotatable bonds is 4. The maximum absolute atomic E-state index is 12.7. The molecule has 0 fully saturated rings. The molecular weight excluding hydrogens is 387 g/mol. The molecule has 0 bridgehead atoms. The van der Waals surface area contributed by atoms with Gasteiger partial charge in [-0.25, -0.2) is 0 Å². The Labute approximate surface area is 164 Å². The van der Waals surface area contributed by atoms with E-state index >= 15 is 0 Å². The van der Waals surface area contributed by atoms with E-state index in [0.717, 1.165) is 17.7 Å². The SMILES string of the molecule is CC(C)(C)[Si](C)(C)Oc1ccccc1C(=S)Nc1ccc(C(F)(F)F)cc1. The van der Waals surface area contributed by atoms with Gasteiger partial charge in [0.15, 0.2) is 0 Å². The molecule has 0 aliphatic heterocycles. The number of nitrogens with one attached hydrogen (secondary N) is 1. The molecule has 0 saturated carbocycles. The molecule has 0 aromatic heterocycles. The Morgan fingerprint density at radius 2 is 1.52 bits per heavy atom. The van der Waals surface area contributed by atoms with E-state index in [0.29, 0.717) is 16.4 Å².